The monoisotopic (exact) mass is 497 g/mol. The molecule has 9 heteroatoms. The van der Waals surface area contributed by atoms with Gasteiger partial charge in [0.05, 0.1) is 22.3 Å². The molecule has 0 atom stereocenters. The van der Waals surface area contributed by atoms with Crippen molar-refractivity contribution >= 4 is 51.2 Å². The normalized spacial score (nSPS) is 13.9. The van der Waals surface area contributed by atoms with Crippen molar-refractivity contribution in [3.8, 4) is 0 Å². The van der Waals surface area contributed by atoms with Gasteiger partial charge in [0, 0.05) is 60.2 Å². The zero-order valence-corrected chi connectivity index (χ0v) is 19.7. The quantitative estimate of drug-likeness (QED) is 0.357. The fourth-order valence-corrected chi connectivity index (χ4v) is 4.75. The first-order chi connectivity index (χ1) is 16.5. The molecule has 0 amide bonds. The number of hydrogen-bond acceptors (Lipinski definition) is 5. The molecule has 0 saturated carbocycles. The van der Waals surface area contributed by atoms with Crippen LogP contribution < -0.4 is 21.1 Å². The molecule has 0 bridgehead atoms. The molecule has 0 aliphatic carbocycles. The van der Waals surface area contributed by atoms with Crippen LogP contribution in [0.2, 0.25) is 10.0 Å². The first-order valence-corrected chi connectivity index (χ1v) is 11.7. The van der Waals surface area contributed by atoms with E-state index in [1.165, 1.54) is 6.07 Å². The zero-order valence-electron chi connectivity index (χ0n) is 18.2. The van der Waals surface area contributed by atoms with Gasteiger partial charge in [-0.15, -0.1) is 0 Å². The first kappa shape index (κ1) is 22.7. The highest BCUT2D eigenvalue weighted by molar-refractivity contribution is 6.36. The largest absolute Gasteiger partial charge is 0.367 e. The van der Waals surface area contributed by atoms with E-state index in [1.54, 1.807) is 42.6 Å². The van der Waals surface area contributed by atoms with Gasteiger partial charge in [-0.05, 0) is 48.0 Å². The van der Waals surface area contributed by atoms with E-state index in [4.69, 9.17) is 23.2 Å². The summed E-state index contributed by atoms with van der Waals surface area (Å²) in [6.45, 7) is 3.15. The average Bonchev–Trinajstić information content (AvgIpc) is 2.82. The van der Waals surface area contributed by atoms with E-state index in [0.717, 1.165) is 31.7 Å². The molecule has 1 aliphatic rings. The second kappa shape index (κ2) is 9.62. The van der Waals surface area contributed by atoms with Gasteiger partial charge in [-0.2, -0.15) is 0 Å². The SMILES string of the molecule is O=c1[nH]ccc2nc(Cc3c(Cl)cccc3Cl)cc(Nc3ccc(N4CCNCC4)c(F)c3)c12. The third-order valence-corrected chi connectivity index (χ3v) is 6.60. The highest BCUT2D eigenvalue weighted by Crippen LogP contribution is 2.31. The Balaban J connectivity index is 1.52. The smallest absolute Gasteiger partial charge is 0.259 e. The summed E-state index contributed by atoms with van der Waals surface area (Å²) in [5, 5.41) is 7.96. The maximum Gasteiger partial charge on any atom is 0.259 e. The highest BCUT2D eigenvalue weighted by Gasteiger charge is 2.16. The first-order valence-electron chi connectivity index (χ1n) is 11.0. The van der Waals surface area contributed by atoms with Gasteiger partial charge in [0.2, 0.25) is 0 Å². The van der Waals surface area contributed by atoms with Crippen LogP contribution in [0, 0.1) is 5.82 Å². The van der Waals surface area contributed by atoms with Crippen molar-refractivity contribution in [2.75, 3.05) is 36.4 Å². The number of aromatic nitrogens is 2. The number of nitrogens with one attached hydrogen (secondary N) is 3. The third-order valence-electron chi connectivity index (χ3n) is 5.89. The van der Waals surface area contributed by atoms with Gasteiger partial charge in [-0.1, -0.05) is 29.3 Å². The van der Waals surface area contributed by atoms with Gasteiger partial charge in [-0.25, -0.2) is 4.39 Å². The van der Waals surface area contributed by atoms with Crippen LogP contribution in [0.5, 0.6) is 0 Å². The van der Waals surface area contributed by atoms with E-state index < -0.39 is 0 Å². The minimum absolute atomic E-state index is 0.285. The molecular weight excluding hydrogens is 476 g/mol. The van der Waals surface area contributed by atoms with Crippen molar-refractivity contribution in [3.63, 3.8) is 0 Å². The Morgan fingerprint density at radius 1 is 1.06 bits per heavy atom. The van der Waals surface area contributed by atoms with Gasteiger partial charge in [0.25, 0.3) is 5.56 Å². The Kier molecular flexibility index (Phi) is 6.41. The van der Waals surface area contributed by atoms with Crippen molar-refractivity contribution in [2.24, 2.45) is 0 Å². The van der Waals surface area contributed by atoms with Crippen LogP contribution in [0.15, 0.2) is 59.5 Å². The summed E-state index contributed by atoms with van der Waals surface area (Å²) >= 11 is 12.7. The van der Waals surface area contributed by atoms with E-state index in [0.29, 0.717) is 50.1 Å². The van der Waals surface area contributed by atoms with Gasteiger partial charge in [-0.3, -0.25) is 9.78 Å². The molecule has 6 nitrogen and oxygen atoms in total. The Bertz CT molecular complexity index is 1400. The van der Waals surface area contributed by atoms with E-state index in [-0.39, 0.29) is 11.4 Å². The Morgan fingerprint density at radius 3 is 2.56 bits per heavy atom. The molecule has 0 radical (unpaired) electrons. The summed E-state index contributed by atoms with van der Waals surface area (Å²) in [7, 11) is 0. The molecule has 1 fully saturated rings. The van der Waals surface area contributed by atoms with Gasteiger partial charge in [0.15, 0.2) is 0 Å². The Hall–Kier alpha value is -3.13. The van der Waals surface area contributed by atoms with Crippen molar-refractivity contribution in [1.29, 1.82) is 0 Å². The summed E-state index contributed by atoms with van der Waals surface area (Å²) in [6.07, 6.45) is 1.93. The van der Waals surface area contributed by atoms with Gasteiger partial charge in [0.1, 0.15) is 5.82 Å². The van der Waals surface area contributed by atoms with Crippen molar-refractivity contribution in [2.45, 2.75) is 6.42 Å². The maximum absolute atomic E-state index is 15.0. The molecule has 34 heavy (non-hydrogen) atoms. The molecule has 1 saturated heterocycles. The van der Waals surface area contributed by atoms with Crippen molar-refractivity contribution in [1.82, 2.24) is 15.3 Å². The lowest BCUT2D eigenvalue weighted by molar-refractivity contribution is 0.566. The van der Waals surface area contributed by atoms with Crippen molar-refractivity contribution < 1.29 is 4.39 Å². The number of benzene rings is 2. The van der Waals surface area contributed by atoms with Crippen molar-refractivity contribution in [3.05, 3.63) is 92.2 Å². The Morgan fingerprint density at radius 2 is 1.82 bits per heavy atom. The number of aromatic amines is 1. The predicted octanol–water partition coefficient (Wildman–Crippen LogP) is 5.11. The summed E-state index contributed by atoms with van der Waals surface area (Å²) in [6, 6.07) is 13.9. The average molecular weight is 498 g/mol. The Labute approximate surface area is 205 Å². The number of piperazine rings is 1. The number of nitrogens with zero attached hydrogens (tertiary/aromatic N) is 2. The molecule has 2 aromatic carbocycles. The van der Waals surface area contributed by atoms with Crippen LogP contribution in [0.25, 0.3) is 10.9 Å². The maximum atomic E-state index is 15.0. The lowest BCUT2D eigenvalue weighted by atomic mass is 10.1. The molecule has 1 aliphatic heterocycles. The molecule has 0 unspecified atom stereocenters. The molecule has 2 aromatic heterocycles. The predicted molar refractivity (Wildman–Crippen MR) is 136 cm³/mol. The molecular formula is C25H22Cl2FN5O. The number of fused-ring (bicyclic) bond motifs is 1. The second-order valence-electron chi connectivity index (χ2n) is 8.13. The molecule has 3 N–H and O–H groups in total. The highest BCUT2D eigenvalue weighted by atomic mass is 35.5. The number of anilines is 3. The van der Waals surface area contributed by atoms with Gasteiger partial charge >= 0.3 is 0 Å². The van der Waals surface area contributed by atoms with E-state index in [1.807, 2.05) is 11.0 Å². The lowest BCUT2D eigenvalue weighted by Gasteiger charge is -2.29. The van der Waals surface area contributed by atoms with E-state index in [9.17, 15) is 9.18 Å². The van der Waals surface area contributed by atoms with E-state index >= 15 is 0 Å². The summed E-state index contributed by atoms with van der Waals surface area (Å²) in [5.41, 5.74) is 3.29. The standard InChI is InChI=1S/C25H22Cl2FN5O/c26-18-2-1-3-19(27)17(18)12-16-14-22(24-21(32-16)6-7-30-25(24)34)31-15-4-5-23(20(28)13-15)33-10-8-29-9-11-33/h1-7,13-14,29H,8-12H2,(H,30,34)(H,31,32). The minimum Gasteiger partial charge on any atom is -0.367 e. The van der Waals surface area contributed by atoms with Crippen LogP contribution in [0.1, 0.15) is 11.3 Å². The van der Waals surface area contributed by atoms with Crippen LogP contribution in [-0.4, -0.2) is 36.1 Å². The summed E-state index contributed by atoms with van der Waals surface area (Å²) in [4.78, 5) is 22.0. The number of H-pyrrole nitrogens is 1. The molecule has 5 rings (SSSR count). The summed E-state index contributed by atoms with van der Waals surface area (Å²) in [5.74, 6) is -0.317. The number of halogens is 3. The van der Waals surface area contributed by atoms with Gasteiger partial charge < -0.3 is 20.5 Å². The fourth-order valence-electron chi connectivity index (χ4n) is 4.22. The molecule has 0 spiro atoms. The number of rotatable bonds is 5. The zero-order chi connectivity index (χ0) is 23.7. The fraction of sp³-hybridized carbons (Fsp3) is 0.200. The molecule has 4 aromatic rings. The topological polar surface area (TPSA) is 73.0 Å². The van der Waals surface area contributed by atoms with Crippen LogP contribution in [0.3, 0.4) is 0 Å². The number of pyridine rings is 2. The number of hydrogen-bond donors (Lipinski definition) is 3. The van der Waals surface area contributed by atoms with E-state index in [2.05, 4.69) is 20.6 Å². The summed E-state index contributed by atoms with van der Waals surface area (Å²) < 4.78 is 15.0. The molecule has 3 heterocycles. The van der Waals surface area contributed by atoms with Crippen LogP contribution in [-0.2, 0) is 6.42 Å². The second-order valence-corrected chi connectivity index (χ2v) is 8.95. The molecule has 174 valence electrons. The van der Waals surface area contributed by atoms with Crippen LogP contribution in [0.4, 0.5) is 21.5 Å². The minimum atomic E-state index is -0.317. The van der Waals surface area contributed by atoms with Crippen LogP contribution >= 0.6 is 23.2 Å². The third kappa shape index (κ3) is 4.59. The lowest BCUT2D eigenvalue weighted by Crippen LogP contribution is -2.43.